The number of rotatable bonds is 9. The Balaban J connectivity index is 1.40. The summed E-state index contributed by atoms with van der Waals surface area (Å²) in [6.45, 7) is 0.309. The average molecular weight is 515 g/mol. The topological polar surface area (TPSA) is 82.1 Å². The summed E-state index contributed by atoms with van der Waals surface area (Å²) in [4.78, 5) is 24.2. The molecular formula is C27H24Cl2O6. The van der Waals surface area contributed by atoms with E-state index < -0.39 is 11.9 Å². The summed E-state index contributed by atoms with van der Waals surface area (Å²) >= 11 is 12.3. The number of halogens is 2. The molecule has 0 fully saturated rings. The molecule has 0 saturated carbocycles. The Labute approximate surface area is 213 Å². The number of fused-ring (bicyclic) bond motifs is 1. The van der Waals surface area contributed by atoms with Crippen LogP contribution in [0.4, 0.5) is 0 Å². The Morgan fingerprint density at radius 2 is 1.80 bits per heavy atom. The van der Waals surface area contributed by atoms with Gasteiger partial charge < -0.3 is 19.3 Å². The molecular weight excluding hydrogens is 491 g/mol. The van der Waals surface area contributed by atoms with Crippen LogP contribution in [0, 0.1) is 0 Å². The lowest BCUT2D eigenvalue weighted by Crippen LogP contribution is -2.20. The summed E-state index contributed by atoms with van der Waals surface area (Å²) < 4.78 is 17.1. The molecule has 35 heavy (non-hydrogen) atoms. The second-order valence-electron chi connectivity index (χ2n) is 8.21. The van der Waals surface area contributed by atoms with Crippen molar-refractivity contribution in [1.82, 2.24) is 0 Å². The van der Waals surface area contributed by atoms with Crippen molar-refractivity contribution in [3.05, 3.63) is 87.4 Å². The van der Waals surface area contributed by atoms with E-state index in [9.17, 15) is 14.7 Å². The second-order valence-corrected chi connectivity index (χ2v) is 9.06. The van der Waals surface area contributed by atoms with Gasteiger partial charge in [-0.05, 0) is 60.9 Å². The molecule has 4 rings (SSSR count). The van der Waals surface area contributed by atoms with Crippen molar-refractivity contribution >= 4 is 35.0 Å². The van der Waals surface area contributed by atoms with Gasteiger partial charge in [-0.25, -0.2) is 0 Å². The molecule has 1 aliphatic heterocycles. The molecule has 0 saturated heterocycles. The molecule has 8 heteroatoms. The molecule has 1 N–H and O–H groups in total. The molecule has 0 bridgehead atoms. The van der Waals surface area contributed by atoms with Gasteiger partial charge in [-0.3, -0.25) is 9.59 Å². The van der Waals surface area contributed by atoms with Crippen molar-refractivity contribution in [2.75, 3.05) is 13.7 Å². The number of Topliss-reactive ketones (excluding diaryl/α,β-unsaturated/α-hetero) is 1. The fraction of sp³-hybridized carbons (Fsp3) is 0.259. The normalized spacial score (nSPS) is 15.6. The van der Waals surface area contributed by atoms with Crippen molar-refractivity contribution in [3.63, 3.8) is 0 Å². The number of ether oxygens (including phenoxy) is 3. The van der Waals surface area contributed by atoms with E-state index in [-0.39, 0.29) is 16.9 Å². The molecule has 0 spiro atoms. The number of carbonyl (C=O) groups is 2. The van der Waals surface area contributed by atoms with Crippen LogP contribution in [0.2, 0.25) is 10.0 Å². The van der Waals surface area contributed by atoms with Gasteiger partial charge in [0.2, 0.25) is 0 Å². The molecule has 2 atom stereocenters. The van der Waals surface area contributed by atoms with Gasteiger partial charge in [0.15, 0.2) is 5.78 Å². The third kappa shape index (κ3) is 5.96. The quantitative estimate of drug-likeness (QED) is 0.307. The van der Waals surface area contributed by atoms with Crippen LogP contribution in [0.15, 0.2) is 60.7 Å². The zero-order valence-corrected chi connectivity index (χ0v) is 20.5. The number of ketones is 1. The zero-order valence-electron chi connectivity index (χ0n) is 19.0. The smallest absolute Gasteiger partial charge is 0.311 e. The summed E-state index contributed by atoms with van der Waals surface area (Å²) in [5.41, 5.74) is 2.07. The molecule has 3 aromatic rings. The first-order chi connectivity index (χ1) is 16.9. The molecule has 6 nitrogen and oxygen atoms in total. The summed E-state index contributed by atoms with van der Waals surface area (Å²) in [6, 6.07) is 17.4. The van der Waals surface area contributed by atoms with Crippen molar-refractivity contribution in [1.29, 1.82) is 0 Å². The van der Waals surface area contributed by atoms with Crippen molar-refractivity contribution in [2.45, 2.75) is 31.3 Å². The van der Waals surface area contributed by atoms with Gasteiger partial charge in [0.05, 0.1) is 23.7 Å². The summed E-state index contributed by atoms with van der Waals surface area (Å²) in [5, 5.41) is 10.4. The minimum Gasteiger partial charge on any atom is -0.493 e. The molecule has 3 aromatic carbocycles. The lowest BCUT2D eigenvalue weighted by molar-refractivity contribution is -0.139. The van der Waals surface area contributed by atoms with E-state index in [1.807, 2.05) is 12.1 Å². The van der Waals surface area contributed by atoms with E-state index in [2.05, 4.69) is 0 Å². The van der Waals surface area contributed by atoms with Gasteiger partial charge in [-0.1, -0.05) is 35.3 Å². The standard InChI is InChI=1S/C27H24Cl2O6/c1-33-24(17-2-6-18(28)7-3-17)11-10-23(30)16-4-8-19(9-5-16)35-26-15-25-21(14-22(26)29)20(27(31)32)12-13-34-25/h2-9,14-15,20,24H,10-13H2,1H3,(H,31,32). The third-order valence-electron chi connectivity index (χ3n) is 5.97. The molecule has 0 aliphatic carbocycles. The lowest BCUT2D eigenvalue weighted by atomic mass is 9.93. The minimum absolute atomic E-state index is 0.00695. The van der Waals surface area contributed by atoms with Crippen LogP contribution in [0.1, 0.15) is 52.8 Å². The van der Waals surface area contributed by atoms with E-state index in [1.54, 1.807) is 55.6 Å². The van der Waals surface area contributed by atoms with E-state index in [0.29, 0.717) is 59.3 Å². The minimum atomic E-state index is -0.912. The maximum Gasteiger partial charge on any atom is 0.311 e. The number of carbonyl (C=O) groups excluding carboxylic acids is 1. The second kappa shape index (κ2) is 11.1. The number of hydrogen-bond acceptors (Lipinski definition) is 5. The largest absolute Gasteiger partial charge is 0.493 e. The average Bonchev–Trinajstić information content (AvgIpc) is 2.85. The van der Waals surface area contributed by atoms with Crippen LogP contribution >= 0.6 is 23.2 Å². The van der Waals surface area contributed by atoms with Gasteiger partial charge in [-0.15, -0.1) is 0 Å². The fourth-order valence-electron chi connectivity index (χ4n) is 4.06. The predicted octanol–water partition coefficient (Wildman–Crippen LogP) is 7.09. The Kier molecular flexibility index (Phi) is 7.96. The summed E-state index contributed by atoms with van der Waals surface area (Å²) in [6.07, 6.45) is 1.05. The van der Waals surface area contributed by atoms with E-state index >= 15 is 0 Å². The summed E-state index contributed by atoms with van der Waals surface area (Å²) in [5.74, 6) is -0.292. The molecule has 182 valence electrons. The first-order valence-electron chi connectivity index (χ1n) is 11.1. The number of carboxylic acids is 1. The number of benzene rings is 3. The maximum absolute atomic E-state index is 12.7. The lowest BCUT2D eigenvalue weighted by Gasteiger charge is -2.24. The third-order valence-corrected chi connectivity index (χ3v) is 6.51. The number of aliphatic carboxylic acids is 1. The highest BCUT2D eigenvalue weighted by Crippen LogP contribution is 2.41. The Morgan fingerprint density at radius 1 is 1.09 bits per heavy atom. The zero-order chi connectivity index (χ0) is 24.9. The molecule has 0 amide bonds. The molecule has 2 unspecified atom stereocenters. The predicted molar refractivity (Wildman–Crippen MR) is 133 cm³/mol. The molecule has 1 aliphatic rings. The van der Waals surface area contributed by atoms with Gasteiger partial charge in [0.1, 0.15) is 17.2 Å². The maximum atomic E-state index is 12.7. The van der Waals surface area contributed by atoms with Crippen LogP contribution in [-0.4, -0.2) is 30.6 Å². The first-order valence-corrected chi connectivity index (χ1v) is 11.9. The highest BCUT2D eigenvalue weighted by atomic mass is 35.5. The highest BCUT2D eigenvalue weighted by Gasteiger charge is 2.29. The van der Waals surface area contributed by atoms with Crippen molar-refractivity contribution in [2.24, 2.45) is 0 Å². The summed E-state index contributed by atoms with van der Waals surface area (Å²) in [7, 11) is 1.62. The Bertz CT molecular complexity index is 1210. The number of hydrogen-bond donors (Lipinski definition) is 1. The highest BCUT2D eigenvalue weighted by molar-refractivity contribution is 6.32. The van der Waals surface area contributed by atoms with Crippen LogP contribution in [0.25, 0.3) is 0 Å². The molecule has 0 radical (unpaired) electrons. The Hall–Kier alpha value is -3.06. The van der Waals surface area contributed by atoms with Gasteiger partial charge >= 0.3 is 5.97 Å². The van der Waals surface area contributed by atoms with E-state index in [1.165, 1.54) is 0 Å². The van der Waals surface area contributed by atoms with Crippen molar-refractivity contribution in [3.8, 4) is 17.2 Å². The van der Waals surface area contributed by atoms with Gasteiger partial charge in [-0.2, -0.15) is 0 Å². The SMILES string of the molecule is COC(CCC(=O)c1ccc(Oc2cc3c(cc2Cl)C(C(=O)O)CCO3)cc1)c1ccc(Cl)cc1. The molecule has 0 aromatic heterocycles. The van der Waals surface area contributed by atoms with Gasteiger partial charge in [0, 0.05) is 35.7 Å². The van der Waals surface area contributed by atoms with Crippen molar-refractivity contribution < 1.29 is 28.9 Å². The fourth-order valence-corrected chi connectivity index (χ4v) is 4.40. The van der Waals surface area contributed by atoms with Gasteiger partial charge in [0.25, 0.3) is 0 Å². The van der Waals surface area contributed by atoms with Crippen LogP contribution in [0.5, 0.6) is 17.2 Å². The molecule has 1 heterocycles. The first kappa shape index (κ1) is 25.0. The number of methoxy groups -OCH3 is 1. The van der Waals surface area contributed by atoms with Crippen LogP contribution in [-0.2, 0) is 9.53 Å². The monoisotopic (exact) mass is 514 g/mol. The Morgan fingerprint density at radius 3 is 2.46 bits per heavy atom. The number of carboxylic acid groups (broad SMARTS) is 1. The van der Waals surface area contributed by atoms with Crippen LogP contribution < -0.4 is 9.47 Å². The van der Waals surface area contributed by atoms with E-state index in [4.69, 9.17) is 37.4 Å². The van der Waals surface area contributed by atoms with E-state index in [0.717, 1.165) is 5.56 Å². The van der Waals surface area contributed by atoms with Crippen LogP contribution in [0.3, 0.4) is 0 Å².